The second-order valence-electron chi connectivity index (χ2n) is 5.14. The normalized spacial score (nSPS) is 13.6. The van der Waals surface area contributed by atoms with E-state index in [0.29, 0.717) is 0 Å². The largest absolute Gasteiger partial charge is 0.417 e. The van der Waals surface area contributed by atoms with Crippen molar-refractivity contribution in [2.24, 2.45) is 0 Å². The molecule has 0 atom stereocenters. The van der Waals surface area contributed by atoms with E-state index in [1.807, 2.05) is 0 Å². The van der Waals surface area contributed by atoms with Crippen LogP contribution in [-0.2, 0) is 19.3 Å². The summed E-state index contributed by atoms with van der Waals surface area (Å²) in [6.07, 6.45) is -1.55. The number of amides is 1. The van der Waals surface area contributed by atoms with Crippen LogP contribution in [0.3, 0.4) is 0 Å². The Balaban J connectivity index is 2.03. The molecule has 0 spiro atoms. The van der Waals surface area contributed by atoms with E-state index in [9.17, 15) is 18.0 Å². The standard InChI is InChI=1S/C16H10F3N3O/c17-16(18,19)13-3-1-2-10(6-20)14(13)15(23)22-8-11-4-5-21-7-12(11)9-22/h1-5,7H,8-9H2. The highest BCUT2D eigenvalue weighted by atomic mass is 19.4. The van der Waals surface area contributed by atoms with E-state index in [1.54, 1.807) is 24.5 Å². The predicted octanol–water partition coefficient (Wildman–Crippen LogP) is 3.13. The molecule has 0 unspecified atom stereocenters. The zero-order valence-corrected chi connectivity index (χ0v) is 11.8. The number of hydrogen-bond donors (Lipinski definition) is 0. The van der Waals surface area contributed by atoms with E-state index in [4.69, 9.17) is 5.26 Å². The van der Waals surface area contributed by atoms with Crippen LogP contribution in [0.15, 0.2) is 36.7 Å². The minimum Gasteiger partial charge on any atom is -0.330 e. The summed E-state index contributed by atoms with van der Waals surface area (Å²) in [5.74, 6) is -0.800. The van der Waals surface area contributed by atoms with Gasteiger partial charge in [0.25, 0.3) is 5.91 Å². The van der Waals surface area contributed by atoms with E-state index < -0.39 is 23.2 Å². The minimum atomic E-state index is -4.70. The SMILES string of the molecule is N#Cc1cccc(C(F)(F)F)c1C(=O)N1Cc2ccncc2C1. The average molecular weight is 317 g/mol. The van der Waals surface area contributed by atoms with E-state index in [2.05, 4.69) is 4.98 Å². The fourth-order valence-corrected chi connectivity index (χ4v) is 2.63. The molecular formula is C16H10F3N3O. The number of nitriles is 1. The Morgan fingerprint density at radius 3 is 2.61 bits per heavy atom. The third-order valence-electron chi connectivity index (χ3n) is 3.72. The Hall–Kier alpha value is -2.88. The summed E-state index contributed by atoms with van der Waals surface area (Å²) >= 11 is 0. The maximum absolute atomic E-state index is 13.2. The van der Waals surface area contributed by atoms with Crippen LogP contribution in [0.2, 0.25) is 0 Å². The third kappa shape index (κ3) is 2.63. The Morgan fingerprint density at radius 1 is 1.22 bits per heavy atom. The lowest BCUT2D eigenvalue weighted by Gasteiger charge is -2.19. The van der Waals surface area contributed by atoms with Gasteiger partial charge in [-0.1, -0.05) is 6.07 Å². The first-order chi connectivity index (χ1) is 10.9. The Labute approximate surface area is 129 Å². The molecule has 116 valence electrons. The Kier molecular flexibility index (Phi) is 3.52. The molecule has 2 heterocycles. The highest BCUT2D eigenvalue weighted by Gasteiger charge is 2.38. The number of carbonyl (C=O) groups is 1. The van der Waals surface area contributed by atoms with Crippen molar-refractivity contribution in [3.63, 3.8) is 0 Å². The molecule has 1 aliphatic heterocycles. The zero-order valence-electron chi connectivity index (χ0n) is 11.8. The van der Waals surface area contributed by atoms with Crippen molar-refractivity contribution in [1.82, 2.24) is 9.88 Å². The van der Waals surface area contributed by atoms with Crippen molar-refractivity contribution in [3.05, 3.63) is 64.5 Å². The molecule has 1 aromatic heterocycles. The molecule has 0 aliphatic carbocycles. The quantitative estimate of drug-likeness (QED) is 0.812. The highest BCUT2D eigenvalue weighted by Crippen LogP contribution is 2.35. The molecule has 0 radical (unpaired) electrons. The number of pyridine rings is 1. The van der Waals surface area contributed by atoms with Gasteiger partial charge in [-0.15, -0.1) is 0 Å². The van der Waals surface area contributed by atoms with Gasteiger partial charge >= 0.3 is 6.18 Å². The lowest BCUT2D eigenvalue weighted by atomic mass is 10.00. The number of carbonyl (C=O) groups excluding carboxylic acids is 1. The molecule has 23 heavy (non-hydrogen) atoms. The third-order valence-corrected chi connectivity index (χ3v) is 3.72. The van der Waals surface area contributed by atoms with Crippen LogP contribution in [-0.4, -0.2) is 15.8 Å². The molecule has 0 N–H and O–H groups in total. The van der Waals surface area contributed by atoms with Crippen molar-refractivity contribution in [2.75, 3.05) is 0 Å². The fourth-order valence-electron chi connectivity index (χ4n) is 2.63. The summed E-state index contributed by atoms with van der Waals surface area (Å²) in [7, 11) is 0. The number of aromatic nitrogens is 1. The molecule has 1 amide bonds. The number of rotatable bonds is 1. The lowest BCUT2D eigenvalue weighted by Crippen LogP contribution is -2.28. The van der Waals surface area contributed by atoms with Crippen molar-refractivity contribution < 1.29 is 18.0 Å². The molecule has 3 rings (SSSR count). The predicted molar refractivity (Wildman–Crippen MR) is 74.0 cm³/mol. The number of alkyl halides is 3. The van der Waals surface area contributed by atoms with Gasteiger partial charge in [0, 0.05) is 25.5 Å². The van der Waals surface area contributed by atoms with Gasteiger partial charge in [-0.25, -0.2) is 0 Å². The number of halogens is 3. The van der Waals surface area contributed by atoms with Crippen molar-refractivity contribution in [1.29, 1.82) is 5.26 Å². The van der Waals surface area contributed by atoms with Crippen LogP contribution in [0.5, 0.6) is 0 Å². The van der Waals surface area contributed by atoms with Gasteiger partial charge < -0.3 is 4.90 Å². The first-order valence-corrected chi connectivity index (χ1v) is 6.73. The van der Waals surface area contributed by atoms with E-state index in [-0.39, 0.29) is 18.7 Å². The van der Waals surface area contributed by atoms with Crippen LogP contribution in [0.25, 0.3) is 0 Å². The van der Waals surface area contributed by atoms with Gasteiger partial charge in [-0.2, -0.15) is 18.4 Å². The molecule has 0 saturated heterocycles. The number of nitrogens with zero attached hydrogens (tertiary/aromatic N) is 3. The van der Waals surface area contributed by atoms with Crippen LogP contribution < -0.4 is 0 Å². The van der Waals surface area contributed by atoms with Crippen LogP contribution in [0, 0.1) is 11.3 Å². The first-order valence-electron chi connectivity index (χ1n) is 6.73. The number of benzene rings is 1. The van der Waals surface area contributed by atoms with Crippen LogP contribution in [0.1, 0.15) is 32.6 Å². The molecule has 4 nitrogen and oxygen atoms in total. The smallest absolute Gasteiger partial charge is 0.330 e. The fraction of sp³-hybridized carbons (Fsp3) is 0.188. The molecule has 0 bridgehead atoms. The summed E-state index contributed by atoms with van der Waals surface area (Å²) in [4.78, 5) is 17.8. The average Bonchev–Trinajstić information content (AvgIpc) is 2.96. The molecule has 0 fully saturated rings. The van der Waals surface area contributed by atoms with E-state index in [0.717, 1.165) is 23.3 Å². The van der Waals surface area contributed by atoms with Crippen LogP contribution >= 0.6 is 0 Å². The topological polar surface area (TPSA) is 57.0 Å². The van der Waals surface area contributed by atoms with E-state index >= 15 is 0 Å². The minimum absolute atomic E-state index is 0.180. The molecule has 0 saturated carbocycles. The van der Waals surface area contributed by atoms with Crippen molar-refractivity contribution in [2.45, 2.75) is 19.3 Å². The number of hydrogen-bond acceptors (Lipinski definition) is 3. The molecule has 1 aliphatic rings. The van der Waals surface area contributed by atoms with Crippen molar-refractivity contribution in [3.8, 4) is 6.07 Å². The summed E-state index contributed by atoms with van der Waals surface area (Å²) in [6.45, 7) is 0.382. The molecule has 1 aromatic carbocycles. The Bertz CT molecular complexity index is 799. The van der Waals surface area contributed by atoms with E-state index in [1.165, 1.54) is 11.0 Å². The summed E-state index contributed by atoms with van der Waals surface area (Å²) in [6, 6.07) is 6.56. The monoisotopic (exact) mass is 317 g/mol. The Morgan fingerprint density at radius 2 is 1.96 bits per heavy atom. The molecular weight excluding hydrogens is 307 g/mol. The summed E-state index contributed by atoms with van der Waals surface area (Å²) in [5, 5.41) is 9.08. The second-order valence-corrected chi connectivity index (χ2v) is 5.14. The van der Waals surface area contributed by atoms with Crippen LogP contribution in [0.4, 0.5) is 13.2 Å². The maximum atomic E-state index is 13.2. The summed E-state index contributed by atoms with van der Waals surface area (Å²) in [5.41, 5.74) is -0.321. The summed E-state index contributed by atoms with van der Waals surface area (Å²) < 4.78 is 39.6. The van der Waals surface area contributed by atoms with Crippen molar-refractivity contribution >= 4 is 5.91 Å². The number of fused-ring (bicyclic) bond motifs is 1. The molecule has 7 heteroatoms. The van der Waals surface area contributed by atoms with Gasteiger partial charge in [0.1, 0.15) is 0 Å². The van der Waals surface area contributed by atoms with Gasteiger partial charge in [-0.05, 0) is 29.3 Å². The second kappa shape index (κ2) is 5.39. The first kappa shape index (κ1) is 15.0. The van der Waals surface area contributed by atoms with Gasteiger partial charge in [0.15, 0.2) is 0 Å². The highest BCUT2D eigenvalue weighted by molar-refractivity contribution is 5.98. The van der Waals surface area contributed by atoms with Gasteiger partial charge in [0.05, 0.1) is 22.8 Å². The lowest BCUT2D eigenvalue weighted by molar-refractivity contribution is -0.138. The zero-order chi connectivity index (χ0) is 16.6. The van der Waals surface area contributed by atoms with Gasteiger partial charge in [0.2, 0.25) is 0 Å². The van der Waals surface area contributed by atoms with Gasteiger partial charge in [-0.3, -0.25) is 9.78 Å². The maximum Gasteiger partial charge on any atom is 0.417 e. The molecule has 2 aromatic rings.